The van der Waals surface area contributed by atoms with Crippen LogP contribution in [0.3, 0.4) is 0 Å². The molecule has 0 radical (unpaired) electrons. The number of amides is 1. The van der Waals surface area contributed by atoms with Crippen LogP contribution in [0.25, 0.3) is 10.8 Å². The third-order valence-corrected chi connectivity index (χ3v) is 4.68. The SMILES string of the molecule is Cc1oc(-c2cccs2)nc1CC(=O)N(CCC(=O)O)C1CC1. The fourth-order valence-corrected chi connectivity index (χ4v) is 3.10. The number of rotatable bonds is 7. The third kappa shape index (κ3) is 3.79. The van der Waals surface area contributed by atoms with Gasteiger partial charge in [-0.05, 0) is 31.2 Å². The van der Waals surface area contributed by atoms with Gasteiger partial charge in [0, 0.05) is 12.6 Å². The molecule has 1 aliphatic carbocycles. The number of hydrogen-bond donors (Lipinski definition) is 1. The van der Waals surface area contributed by atoms with Crippen LogP contribution in [0.4, 0.5) is 0 Å². The Bertz CT molecular complexity index is 704. The van der Waals surface area contributed by atoms with E-state index in [0.717, 1.165) is 17.7 Å². The van der Waals surface area contributed by atoms with Crippen molar-refractivity contribution in [2.45, 2.75) is 38.6 Å². The number of carboxylic acid groups (broad SMARTS) is 1. The fraction of sp³-hybridized carbons (Fsp3) is 0.438. The fourth-order valence-electron chi connectivity index (χ4n) is 2.46. The van der Waals surface area contributed by atoms with Gasteiger partial charge in [0.05, 0.1) is 23.4 Å². The van der Waals surface area contributed by atoms with Gasteiger partial charge in [-0.3, -0.25) is 9.59 Å². The summed E-state index contributed by atoms with van der Waals surface area (Å²) >= 11 is 1.53. The summed E-state index contributed by atoms with van der Waals surface area (Å²) in [7, 11) is 0. The van der Waals surface area contributed by atoms with Crippen molar-refractivity contribution in [3.63, 3.8) is 0 Å². The van der Waals surface area contributed by atoms with Gasteiger partial charge >= 0.3 is 5.97 Å². The number of aryl methyl sites for hydroxylation is 1. The van der Waals surface area contributed by atoms with E-state index in [-0.39, 0.29) is 31.3 Å². The minimum Gasteiger partial charge on any atom is -0.481 e. The van der Waals surface area contributed by atoms with E-state index in [0.29, 0.717) is 17.3 Å². The molecule has 0 aromatic carbocycles. The first-order chi connectivity index (χ1) is 11.0. The van der Waals surface area contributed by atoms with Gasteiger partial charge in [0.1, 0.15) is 5.76 Å². The number of hydrogen-bond acceptors (Lipinski definition) is 5. The molecule has 1 aliphatic rings. The van der Waals surface area contributed by atoms with Crippen LogP contribution in [0.5, 0.6) is 0 Å². The first-order valence-electron chi connectivity index (χ1n) is 7.56. The van der Waals surface area contributed by atoms with Gasteiger partial charge in [0.25, 0.3) is 0 Å². The average Bonchev–Trinajstić information content (AvgIpc) is 3.05. The van der Waals surface area contributed by atoms with Crippen LogP contribution in [-0.2, 0) is 16.0 Å². The van der Waals surface area contributed by atoms with Crippen LogP contribution in [0.2, 0.25) is 0 Å². The van der Waals surface area contributed by atoms with Crippen LogP contribution >= 0.6 is 11.3 Å². The minimum atomic E-state index is -0.888. The van der Waals surface area contributed by atoms with Gasteiger partial charge in [0.15, 0.2) is 0 Å². The molecule has 2 aromatic rings. The molecule has 1 fully saturated rings. The molecule has 1 saturated carbocycles. The van der Waals surface area contributed by atoms with E-state index < -0.39 is 5.97 Å². The number of carboxylic acids is 1. The van der Waals surface area contributed by atoms with E-state index in [2.05, 4.69) is 4.98 Å². The number of nitrogens with zero attached hydrogens (tertiary/aromatic N) is 2. The molecule has 1 N–H and O–H groups in total. The maximum atomic E-state index is 12.5. The first kappa shape index (κ1) is 15.7. The summed E-state index contributed by atoms with van der Waals surface area (Å²) in [5.74, 6) is 0.198. The van der Waals surface area contributed by atoms with Crippen molar-refractivity contribution < 1.29 is 19.1 Å². The van der Waals surface area contributed by atoms with Crippen molar-refractivity contribution in [3.8, 4) is 10.8 Å². The molecule has 0 unspecified atom stereocenters. The molecule has 2 aromatic heterocycles. The topological polar surface area (TPSA) is 83.6 Å². The summed E-state index contributed by atoms with van der Waals surface area (Å²) in [5.41, 5.74) is 0.624. The Kier molecular flexibility index (Phi) is 4.47. The highest BCUT2D eigenvalue weighted by molar-refractivity contribution is 7.13. The van der Waals surface area contributed by atoms with Crippen LogP contribution in [0.1, 0.15) is 30.7 Å². The van der Waals surface area contributed by atoms with E-state index in [1.54, 1.807) is 11.8 Å². The Morgan fingerprint density at radius 2 is 2.26 bits per heavy atom. The maximum Gasteiger partial charge on any atom is 0.305 e. The molecule has 2 heterocycles. The van der Waals surface area contributed by atoms with Crippen LogP contribution < -0.4 is 0 Å². The predicted octanol–water partition coefficient (Wildman–Crippen LogP) is 2.72. The second-order valence-corrected chi connectivity index (χ2v) is 6.59. The minimum absolute atomic E-state index is 0.0273. The highest BCUT2D eigenvalue weighted by Gasteiger charge is 2.33. The second kappa shape index (κ2) is 6.54. The van der Waals surface area contributed by atoms with E-state index >= 15 is 0 Å². The Morgan fingerprint density at radius 3 is 2.87 bits per heavy atom. The third-order valence-electron chi connectivity index (χ3n) is 3.82. The Balaban J connectivity index is 1.70. The lowest BCUT2D eigenvalue weighted by Crippen LogP contribution is -2.36. The normalized spacial score (nSPS) is 14.0. The Labute approximate surface area is 137 Å². The molecule has 7 heteroatoms. The number of aliphatic carboxylic acids is 1. The van der Waals surface area contributed by atoms with E-state index in [9.17, 15) is 9.59 Å². The molecule has 6 nitrogen and oxygen atoms in total. The number of carbonyl (C=O) groups excluding carboxylic acids is 1. The highest BCUT2D eigenvalue weighted by Crippen LogP contribution is 2.29. The zero-order valence-corrected chi connectivity index (χ0v) is 13.6. The molecule has 23 heavy (non-hydrogen) atoms. The molecular formula is C16H18N2O4S. The monoisotopic (exact) mass is 334 g/mol. The van der Waals surface area contributed by atoms with Gasteiger partial charge in [-0.15, -0.1) is 11.3 Å². The quantitative estimate of drug-likeness (QED) is 0.841. The summed E-state index contributed by atoms with van der Waals surface area (Å²) in [6, 6.07) is 4.03. The Hall–Kier alpha value is -2.15. The van der Waals surface area contributed by atoms with Gasteiger partial charge in [-0.2, -0.15) is 0 Å². The van der Waals surface area contributed by atoms with Gasteiger partial charge < -0.3 is 14.4 Å². The summed E-state index contributed by atoms with van der Waals surface area (Å²) in [4.78, 5) is 30.3. The van der Waals surface area contributed by atoms with Crippen molar-refractivity contribution in [3.05, 3.63) is 29.0 Å². The Morgan fingerprint density at radius 1 is 1.48 bits per heavy atom. The van der Waals surface area contributed by atoms with E-state index in [4.69, 9.17) is 9.52 Å². The number of carbonyl (C=O) groups is 2. The first-order valence-corrected chi connectivity index (χ1v) is 8.44. The summed E-state index contributed by atoms with van der Waals surface area (Å²) in [6.07, 6.45) is 2.02. The van der Waals surface area contributed by atoms with Crippen LogP contribution in [-0.4, -0.2) is 39.5 Å². The van der Waals surface area contributed by atoms with Crippen molar-refractivity contribution >= 4 is 23.2 Å². The number of thiophene rings is 1. The second-order valence-electron chi connectivity index (χ2n) is 5.64. The van der Waals surface area contributed by atoms with Gasteiger partial charge in [-0.1, -0.05) is 6.07 Å². The van der Waals surface area contributed by atoms with Crippen molar-refractivity contribution in [1.29, 1.82) is 0 Å². The summed E-state index contributed by atoms with van der Waals surface area (Å²) in [6.45, 7) is 2.05. The molecule has 0 spiro atoms. The summed E-state index contributed by atoms with van der Waals surface area (Å²) in [5, 5.41) is 10.8. The molecule has 0 saturated heterocycles. The van der Waals surface area contributed by atoms with Crippen molar-refractivity contribution in [1.82, 2.24) is 9.88 Å². The van der Waals surface area contributed by atoms with E-state index in [1.165, 1.54) is 11.3 Å². The summed E-state index contributed by atoms with van der Waals surface area (Å²) < 4.78 is 5.65. The highest BCUT2D eigenvalue weighted by atomic mass is 32.1. The molecule has 0 aliphatic heterocycles. The zero-order valence-electron chi connectivity index (χ0n) is 12.8. The molecule has 122 valence electrons. The lowest BCUT2D eigenvalue weighted by Gasteiger charge is -2.21. The largest absolute Gasteiger partial charge is 0.481 e. The lowest BCUT2D eigenvalue weighted by atomic mass is 10.2. The standard InChI is InChI=1S/C16H18N2O4S/c1-10-12(17-16(22-10)13-3-2-8-23-13)9-14(19)18(11-4-5-11)7-6-15(20)21/h2-3,8,11H,4-7,9H2,1H3,(H,20,21). The molecule has 1 amide bonds. The van der Waals surface area contributed by atoms with E-state index in [1.807, 2.05) is 17.5 Å². The smallest absolute Gasteiger partial charge is 0.305 e. The maximum absolute atomic E-state index is 12.5. The molecular weight excluding hydrogens is 316 g/mol. The number of aromatic nitrogens is 1. The van der Waals surface area contributed by atoms with Crippen LogP contribution in [0, 0.1) is 6.92 Å². The number of oxazole rings is 1. The molecule has 0 atom stereocenters. The zero-order chi connectivity index (χ0) is 16.4. The average molecular weight is 334 g/mol. The lowest BCUT2D eigenvalue weighted by molar-refractivity contribution is -0.138. The van der Waals surface area contributed by atoms with Crippen molar-refractivity contribution in [2.24, 2.45) is 0 Å². The van der Waals surface area contributed by atoms with Crippen LogP contribution in [0.15, 0.2) is 21.9 Å². The molecule has 3 rings (SSSR count). The van der Waals surface area contributed by atoms with Gasteiger partial charge in [0.2, 0.25) is 11.8 Å². The van der Waals surface area contributed by atoms with Gasteiger partial charge in [-0.25, -0.2) is 4.98 Å². The van der Waals surface area contributed by atoms with Crippen molar-refractivity contribution in [2.75, 3.05) is 6.54 Å². The predicted molar refractivity (Wildman–Crippen MR) is 85.2 cm³/mol. The molecule has 0 bridgehead atoms.